The summed E-state index contributed by atoms with van der Waals surface area (Å²) in [5.74, 6) is 1.31. The Morgan fingerprint density at radius 1 is 1.00 bits per heavy atom. The molecule has 2 atom stereocenters. The van der Waals surface area contributed by atoms with Crippen LogP contribution in [0.4, 0.5) is 0 Å². The van der Waals surface area contributed by atoms with Gasteiger partial charge in [0.05, 0.1) is 11.9 Å². The van der Waals surface area contributed by atoms with Gasteiger partial charge >= 0.3 is 0 Å². The highest BCUT2D eigenvalue weighted by molar-refractivity contribution is 5.91. The van der Waals surface area contributed by atoms with Crippen LogP contribution in [0.3, 0.4) is 0 Å². The number of rotatable bonds is 6. The van der Waals surface area contributed by atoms with Crippen molar-refractivity contribution in [3.63, 3.8) is 0 Å². The maximum absolute atomic E-state index is 12.4. The molecule has 0 bridgehead atoms. The van der Waals surface area contributed by atoms with E-state index in [0.29, 0.717) is 12.2 Å². The number of para-hydroxylation sites is 1. The molecule has 1 fully saturated rings. The van der Waals surface area contributed by atoms with Crippen molar-refractivity contribution < 1.29 is 4.79 Å². The Morgan fingerprint density at radius 2 is 1.67 bits per heavy atom. The van der Waals surface area contributed by atoms with Crippen LogP contribution in [-0.2, 0) is 13.1 Å². The molecule has 0 spiro atoms. The zero-order valence-corrected chi connectivity index (χ0v) is 17.7. The second kappa shape index (κ2) is 9.22. The summed E-state index contributed by atoms with van der Waals surface area (Å²) in [7, 11) is 0. The fourth-order valence-electron chi connectivity index (χ4n) is 4.29. The van der Waals surface area contributed by atoms with Gasteiger partial charge in [0.15, 0.2) is 5.69 Å². The van der Waals surface area contributed by atoms with E-state index < -0.39 is 0 Å². The van der Waals surface area contributed by atoms with Crippen molar-refractivity contribution in [3.8, 4) is 5.69 Å². The smallest absolute Gasteiger partial charge is 0.273 e. The summed E-state index contributed by atoms with van der Waals surface area (Å²) in [6.07, 6.45) is 2.97. The van der Waals surface area contributed by atoms with Gasteiger partial charge in [-0.05, 0) is 41.5 Å². The molecule has 3 aromatic rings. The van der Waals surface area contributed by atoms with E-state index in [9.17, 15) is 4.79 Å². The number of amides is 1. The van der Waals surface area contributed by atoms with E-state index in [-0.39, 0.29) is 5.91 Å². The lowest BCUT2D eigenvalue weighted by Gasteiger charge is -2.35. The topological polar surface area (TPSA) is 63.1 Å². The van der Waals surface area contributed by atoms with Crippen LogP contribution in [0.5, 0.6) is 0 Å². The summed E-state index contributed by atoms with van der Waals surface area (Å²) >= 11 is 0. The predicted molar refractivity (Wildman–Crippen MR) is 117 cm³/mol. The highest BCUT2D eigenvalue weighted by Crippen LogP contribution is 2.22. The molecule has 1 N–H and O–H groups in total. The highest BCUT2D eigenvalue weighted by atomic mass is 16.2. The molecule has 1 aromatic heterocycles. The van der Waals surface area contributed by atoms with E-state index in [0.717, 1.165) is 29.6 Å². The minimum atomic E-state index is -0.224. The summed E-state index contributed by atoms with van der Waals surface area (Å²) in [4.78, 5) is 15.0. The summed E-state index contributed by atoms with van der Waals surface area (Å²) < 4.78 is 1.60. The minimum absolute atomic E-state index is 0.224. The molecule has 2 unspecified atom stereocenters. The van der Waals surface area contributed by atoms with E-state index >= 15 is 0 Å². The molecule has 6 nitrogen and oxygen atoms in total. The van der Waals surface area contributed by atoms with E-state index in [1.165, 1.54) is 25.1 Å². The summed E-state index contributed by atoms with van der Waals surface area (Å²) in [5, 5.41) is 11.0. The van der Waals surface area contributed by atoms with Crippen LogP contribution in [0, 0.1) is 11.8 Å². The zero-order chi connectivity index (χ0) is 20.9. The quantitative estimate of drug-likeness (QED) is 0.682. The second-order valence-corrected chi connectivity index (χ2v) is 8.52. The lowest BCUT2D eigenvalue weighted by molar-refractivity contribution is 0.0946. The Balaban J connectivity index is 1.30. The highest BCUT2D eigenvalue weighted by Gasteiger charge is 2.21. The molecule has 1 aliphatic rings. The summed E-state index contributed by atoms with van der Waals surface area (Å²) in [5.41, 5.74) is 3.57. The minimum Gasteiger partial charge on any atom is -0.347 e. The van der Waals surface area contributed by atoms with Crippen LogP contribution < -0.4 is 5.32 Å². The number of nitrogens with zero attached hydrogens (tertiary/aromatic N) is 4. The number of nitrogens with one attached hydrogen (secondary N) is 1. The molecule has 2 aromatic carbocycles. The lowest BCUT2D eigenvalue weighted by Crippen LogP contribution is -2.38. The van der Waals surface area contributed by atoms with Gasteiger partial charge in [0.2, 0.25) is 0 Å². The molecule has 6 heteroatoms. The first kappa shape index (κ1) is 20.3. The third kappa shape index (κ3) is 5.13. The van der Waals surface area contributed by atoms with E-state index in [4.69, 9.17) is 0 Å². The number of hydrogen-bond acceptors (Lipinski definition) is 4. The zero-order valence-electron chi connectivity index (χ0n) is 17.7. The van der Waals surface area contributed by atoms with Gasteiger partial charge in [0, 0.05) is 26.2 Å². The number of aromatic nitrogens is 3. The Bertz CT molecular complexity index is 957. The molecule has 0 radical (unpaired) electrons. The van der Waals surface area contributed by atoms with Gasteiger partial charge in [-0.1, -0.05) is 61.5 Å². The van der Waals surface area contributed by atoms with Crippen molar-refractivity contribution >= 4 is 5.91 Å². The molecular formula is C24H29N5O. The van der Waals surface area contributed by atoms with Crippen molar-refractivity contribution in [3.05, 3.63) is 77.6 Å². The Morgan fingerprint density at radius 3 is 2.37 bits per heavy atom. The molecular weight excluding hydrogens is 374 g/mol. The molecule has 156 valence electrons. The molecule has 1 amide bonds. The van der Waals surface area contributed by atoms with Crippen LogP contribution in [0.25, 0.3) is 5.69 Å². The van der Waals surface area contributed by atoms with Crippen molar-refractivity contribution in [2.75, 3.05) is 13.1 Å². The van der Waals surface area contributed by atoms with Crippen LogP contribution in [0.2, 0.25) is 0 Å². The van der Waals surface area contributed by atoms with Gasteiger partial charge in [-0.25, -0.2) is 4.68 Å². The standard InChI is InChI=1S/C24H29N5O/c1-18-12-19(2)15-28(14-18)16-21-10-8-20(9-11-21)13-25-24(30)23-17-29(27-26-23)22-6-4-3-5-7-22/h3-11,17-19H,12-16H2,1-2H3,(H,25,30). The SMILES string of the molecule is CC1CC(C)CN(Cc2ccc(CNC(=O)c3cn(-c4ccccc4)nn3)cc2)C1. The number of carbonyl (C=O) groups is 1. The van der Waals surface area contributed by atoms with Crippen LogP contribution >= 0.6 is 0 Å². The number of benzene rings is 2. The monoisotopic (exact) mass is 403 g/mol. The number of carbonyl (C=O) groups excluding carboxylic acids is 1. The van der Waals surface area contributed by atoms with Crippen LogP contribution in [0.1, 0.15) is 41.9 Å². The molecule has 1 aliphatic heterocycles. The number of likely N-dealkylation sites (tertiary alicyclic amines) is 1. The van der Waals surface area contributed by atoms with E-state index in [1.54, 1.807) is 10.9 Å². The molecule has 2 heterocycles. The van der Waals surface area contributed by atoms with E-state index in [1.807, 2.05) is 30.3 Å². The van der Waals surface area contributed by atoms with Crippen molar-refractivity contribution in [1.29, 1.82) is 0 Å². The fraction of sp³-hybridized carbons (Fsp3) is 0.375. The van der Waals surface area contributed by atoms with Crippen LogP contribution in [-0.4, -0.2) is 38.9 Å². The average molecular weight is 404 g/mol. The molecule has 0 saturated carbocycles. The molecule has 30 heavy (non-hydrogen) atoms. The molecule has 0 aliphatic carbocycles. The fourth-order valence-corrected chi connectivity index (χ4v) is 4.29. The Hall–Kier alpha value is -2.99. The third-order valence-electron chi connectivity index (χ3n) is 5.57. The van der Waals surface area contributed by atoms with Crippen LogP contribution in [0.15, 0.2) is 60.8 Å². The average Bonchev–Trinajstić information content (AvgIpc) is 3.23. The number of piperidine rings is 1. The van der Waals surface area contributed by atoms with Gasteiger partial charge in [-0.3, -0.25) is 9.69 Å². The van der Waals surface area contributed by atoms with Crippen molar-refractivity contribution in [1.82, 2.24) is 25.2 Å². The van der Waals surface area contributed by atoms with Gasteiger partial charge in [-0.2, -0.15) is 0 Å². The Labute approximate surface area is 177 Å². The molecule has 1 saturated heterocycles. The maximum atomic E-state index is 12.4. The lowest BCUT2D eigenvalue weighted by atomic mass is 9.91. The first-order valence-electron chi connectivity index (χ1n) is 10.6. The Kier molecular flexibility index (Phi) is 6.23. The maximum Gasteiger partial charge on any atom is 0.273 e. The largest absolute Gasteiger partial charge is 0.347 e. The van der Waals surface area contributed by atoms with E-state index in [2.05, 4.69) is 58.6 Å². The predicted octanol–water partition coefficient (Wildman–Crippen LogP) is 3.68. The second-order valence-electron chi connectivity index (χ2n) is 8.52. The first-order chi connectivity index (χ1) is 14.6. The summed E-state index contributed by atoms with van der Waals surface area (Å²) in [6, 6.07) is 18.1. The van der Waals surface area contributed by atoms with Gasteiger partial charge in [-0.15, -0.1) is 5.10 Å². The van der Waals surface area contributed by atoms with Gasteiger partial charge in [0.25, 0.3) is 5.91 Å². The van der Waals surface area contributed by atoms with Gasteiger partial charge < -0.3 is 5.32 Å². The van der Waals surface area contributed by atoms with Gasteiger partial charge in [0.1, 0.15) is 0 Å². The molecule has 4 rings (SSSR count). The number of hydrogen-bond donors (Lipinski definition) is 1. The van der Waals surface area contributed by atoms with Crippen molar-refractivity contribution in [2.45, 2.75) is 33.4 Å². The normalized spacial score (nSPS) is 19.5. The summed E-state index contributed by atoms with van der Waals surface area (Å²) in [6.45, 7) is 8.48. The first-order valence-corrected chi connectivity index (χ1v) is 10.6. The van der Waals surface area contributed by atoms with Crippen molar-refractivity contribution in [2.24, 2.45) is 11.8 Å². The third-order valence-corrected chi connectivity index (χ3v) is 5.57.